The molecule has 0 aromatic carbocycles. The van der Waals surface area contributed by atoms with Crippen molar-refractivity contribution in [1.82, 2.24) is 5.32 Å². The van der Waals surface area contributed by atoms with Crippen LogP contribution in [0.25, 0.3) is 0 Å². The Hall–Kier alpha value is -2.00. The number of hydrogen-bond donors (Lipinski definition) is 2. The largest absolute Gasteiger partial charge is 0.480 e. The lowest BCUT2D eigenvalue weighted by atomic mass is 9.90. The van der Waals surface area contributed by atoms with E-state index in [4.69, 9.17) is 4.74 Å². The quantitative estimate of drug-likeness (QED) is 0.633. The number of amides is 1. The summed E-state index contributed by atoms with van der Waals surface area (Å²) in [4.78, 5) is 33.4. The van der Waals surface area contributed by atoms with E-state index in [1.54, 1.807) is 0 Å². The van der Waals surface area contributed by atoms with E-state index in [9.17, 15) is 24.8 Å². The summed E-state index contributed by atoms with van der Waals surface area (Å²) in [5.41, 5.74) is -1.28. The Labute approximate surface area is 117 Å². The van der Waals surface area contributed by atoms with Crippen LogP contribution in [-0.4, -0.2) is 40.7 Å². The lowest BCUT2D eigenvalue weighted by molar-refractivity contribution is -0.380. The first-order valence-electron chi connectivity index (χ1n) is 5.81. The molecular weight excluding hydrogens is 288 g/mol. The van der Waals surface area contributed by atoms with Crippen LogP contribution in [0.1, 0.15) is 23.2 Å². The highest BCUT2D eigenvalue weighted by atomic mass is 32.1. The number of rotatable bonds is 4. The van der Waals surface area contributed by atoms with Gasteiger partial charge in [-0.3, -0.25) is 14.9 Å². The summed E-state index contributed by atoms with van der Waals surface area (Å²) in [6.07, 6.45) is 0.334. The molecule has 9 heteroatoms. The van der Waals surface area contributed by atoms with Gasteiger partial charge < -0.3 is 15.2 Å². The van der Waals surface area contributed by atoms with E-state index in [0.29, 0.717) is 0 Å². The first-order chi connectivity index (χ1) is 9.44. The molecule has 1 aliphatic rings. The van der Waals surface area contributed by atoms with E-state index in [2.05, 4.69) is 5.32 Å². The summed E-state index contributed by atoms with van der Waals surface area (Å²) in [7, 11) is 0. The number of carbonyl (C=O) groups excluding carboxylic acids is 1. The molecule has 0 radical (unpaired) electrons. The molecule has 2 rings (SSSR count). The number of aliphatic carboxylic acids is 1. The van der Waals surface area contributed by atoms with Crippen LogP contribution >= 0.6 is 11.3 Å². The molecule has 0 unspecified atom stereocenters. The van der Waals surface area contributed by atoms with Gasteiger partial charge in [-0.15, -0.1) is 0 Å². The summed E-state index contributed by atoms with van der Waals surface area (Å²) in [6.45, 7) is 0.493. The van der Waals surface area contributed by atoms with Gasteiger partial charge in [-0.25, -0.2) is 4.79 Å². The molecule has 1 aromatic rings. The second kappa shape index (κ2) is 5.55. The van der Waals surface area contributed by atoms with E-state index in [1.165, 1.54) is 5.38 Å². The van der Waals surface area contributed by atoms with Gasteiger partial charge in [0.05, 0.1) is 10.5 Å². The average Bonchev–Trinajstić information content (AvgIpc) is 2.89. The fraction of sp³-hybridized carbons (Fsp3) is 0.455. The zero-order valence-corrected chi connectivity index (χ0v) is 11.1. The monoisotopic (exact) mass is 300 g/mol. The molecule has 1 amide bonds. The molecule has 2 N–H and O–H groups in total. The minimum absolute atomic E-state index is 0.0915. The summed E-state index contributed by atoms with van der Waals surface area (Å²) >= 11 is 0.823. The molecule has 0 aliphatic carbocycles. The van der Waals surface area contributed by atoms with Gasteiger partial charge in [-0.05, 0) is 0 Å². The van der Waals surface area contributed by atoms with Crippen molar-refractivity contribution in [2.45, 2.75) is 18.4 Å². The molecule has 1 aliphatic heterocycles. The maximum atomic E-state index is 12.0. The molecule has 20 heavy (non-hydrogen) atoms. The molecular formula is C11H12N2O6S. The lowest BCUT2D eigenvalue weighted by Crippen LogP contribution is -2.57. The minimum atomic E-state index is -1.37. The van der Waals surface area contributed by atoms with Gasteiger partial charge in [0.15, 0.2) is 0 Å². The fourth-order valence-electron chi connectivity index (χ4n) is 1.94. The predicted molar refractivity (Wildman–Crippen MR) is 68.9 cm³/mol. The fourth-order valence-corrected chi connectivity index (χ4v) is 2.65. The van der Waals surface area contributed by atoms with Gasteiger partial charge in [-0.1, -0.05) is 11.3 Å². The number of thiophene rings is 1. The summed E-state index contributed by atoms with van der Waals surface area (Å²) < 4.78 is 5.10. The summed E-state index contributed by atoms with van der Waals surface area (Å²) in [5, 5.41) is 23.5. The molecule has 2 heterocycles. The van der Waals surface area contributed by atoms with Crippen molar-refractivity contribution >= 4 is 28.2 Å². The minimum Gasteiger partial charge on any atom is -0.480 e. The number of carboxylic acid groups (broad SMARTS) is 1. The van der Waals surface area contributed by atoms with Crippen LogP contribution < -0.4 is 5.32 Å². The van der Waals surface area contributed by atoms with Crippen LogP contribution in [0.3, 0.4) is 0 Å². The summed E-state index contributed by atoms with van der Waals surface area (Å²) in [5.74, 6) is -1.75. The third-order valence-electron chi connectivity index (χ3n) is 3.14. The molecule has 0 spiro atoms. The second-order valence-electron chi connectivity index (χ2n) is 4.38. The maximum Gasteiger partial charge on any atom is 0.329 e. The third-order valence-corrected chi connectivity index (χ3v) is 4.02. The third kappa shape index (κ3) is 2.78. The van der Waals surface area contributed by atoms with Gasteiger partial charge in [0.1, 0.15) is 5.54 Å². The standard InChI is InChI=1S/C11H12N2O6S/c14-9(7-5-8(13(17)18)20-6-7)12-11(10(15)16)1-3-19-4-2-11/h5-6H,1-4H2,(H,12,14)(H,15,16). The normalized spacial score (nSPS) is 17.4. The van der Waals surface area contributed by atoms with Crippen LogP contribution in [0, 0.1) is 10.1 Å². The first kappa shape index (κ1) is 14.4. The lowest BCUT2D eigenvalue weighted by Gasteiger charge is -2.33. The number of carboxylic acids is 1. The predicted octanol–water partition coefficient (Wildman–Crippen LogP) is 1.02. The number of ether oxygens (including phenoxy) is 1. The second-order valence-corrected chi connectivity index (χ2v) is 5.27. The van der Waals surface area contributed by atoms with Crippen molar-refractivity contribution in [2.24, 2.45) is 0 Å². The Morgan fingerprint density at radius 1 is 1.45 bits per heavy atom. The Balaban J connectivity index is 2.15. The van der Waals surface area contributed by atoms with E-state index in [1.807, 2.05) is 0 Å². The smallest absolute Gasteiger partial charge is 0.329 e. The molecule has 0 bridgehead atoms. The zero-order valence-electron chi connectivity index (χ0n) is 10.3. The Morgan fingerprint density at radius 2 is 2.10 bits per heavy atom. The van der Waals surface area contributed by atoms with Gasteiger partial charge >= 0.3 is 11.0 Å². The van der Waals surface area contributed by atoms with Crippen LogP contribution in [0.15, 0.2) is 11.4 Å². The number of hydrogen-bond acceptors (Lipinski definition) is 6. The molecule has 0 atom stereocenters. The van der Waals surface area contributed by atoms with Crippen molar-refractivity contribution in [3.63, 3.8) is 0 Å². The number of nitrogens with one attached hydrogen (secondary N) is 1. The van der Waals surface area contributed by atoms with E-state index in [-0.39, 0.29) is 36.6 Å². The van der Waals surface area contributed by atoms with Crippen molar-refractivity contribution in [2.75, 3.05) is 13.2 Å². The highest BCUT2D eigenvalue weighted by Gasteiger charge is 2.42. The van der Waals surface area contributed by atoms with Gasteiger partial charge in [-0.2, -0.15) is 0 Å². The number of carbonyl (C=O) groups is 2. The maximum absolute atomic E-state index is 12.0. The van der Waals surface area contributed by atoms with Crippen LogP contribution in [0.2, 0.25) is 0 Å². The summed E-state index contributed by atoms with van der Waals surface area (Å²) in [6, 6.07) is 1.13. The number of nitro groups is 1. The van der Waals surface area contributed by atoms with E-state index in [0.717, 1.165) is 17.4 Å². The molecule has 1 aromatic heterocycles. The van der Waals surface area contributed by atoms with Crippen LogP contribution in [0.5, 0.6) is 0 Å². The number of nitrogens with zero attached hydrogens (tertiary/aromatic N) is 1. The van der Waals surface area contributed by atoms with Crippen molar-refractivity contribution < 1.29 is 24.4 Å². The van der Waals surface area contributed by atoms with Crippen LogP contribution in [0.4, 0.5) is 5.00 Å². The van der Waals surface area contributed by atoms with Gasteiger partial charge in [0.25, 0.3) is 5.91 Å². The van der Waals surface area contributed by atoms with Crippen molar-refractivity contribution in [3.8, 4) is 0 Å². The Morgan fingerprint density at radius 3 is 2.60 bits per heavy atom. The Kier molecular flexibility index (Phi) is 4.00. The molecule has 8 nitrogen and oxygen atoms in total. The van der Waals surface area contributed by atoms with E-state index < -0.39 is 22.3 Å². The van der Waals surface area contributed by atoms with Crippen molar-refractivity contribution in [1.29, 1.82) is 0 Å². The van der Waals surface area contributed by atoms with E-state index >= 15 is 0 Å². The zero-order chi connectivity index (χ0) is 14.8. The molecule has 0 saturated carbocycles. The SMILES string of the molecule is O=C(NC1(C(=O)O)CCOCC1)c1csc([N+](=O)[O-])c1. The van der Waals surface area contributed by atoms with Gasteiger partial charge in [0.2, 0.25) is 0 Å². The molecule has 1 fully saturated rings. The first-order valence-corrected chi connectivity index (χ1v) is 6.69. The topological polar surface area (TPSA) is 119 Å². The van der Waals surface area contributed by atoms with Gasteiger partial charge in [0, 0.05) is 37.5 Å². The van der Waals surface area contributed by atoms with Crippen LogP contribution in [-0.2, 0) is 9.53 Å². The molecule has 108 valence electrons. The average molecular weight is 300 g/mol. The Bertz CT molecular complexity index is 549. The highest BCUT2D eigenvalue weighted by molar-refractivity contribution is 7.13. The molecule has 1 saturated heterocycles. The highest BCUT2D eigenvalue weighted by Crippen LogP contribution is 2.25. The van der Waals surface area contributed by atoms with Crippen molar-refractivity contribution in [3.05, 3.63) is 27.1 Å².